The van der Waals surface area contributed by atoms with E-state index in [1.54, 1.807) is 38.1 Å². The Hall–Kier alpha value is -11.1. The summed E-state index contributed by atoms with van der Waals surface area (Å²) in [7, 11) is -3.42. The Labute approximate surface area is 738 Å². The van der Waals surface area contributed by atoms with E-state index in [1.807, 2.05) is 102 Å². The third-order valence-electron chi connectivity index (χ3n) is 25.0. The van der Waals surface area contributed by atoms with Crippen LogP contribution in [0.1, 0.15) is 208 Å². The molecule has 13 rings (SSSR count). The number of halogens is 6. The predicted molar refractivity (Wildman–Crippen MR) is 509 cm³/mol. The second-order valence-corrected chi connectivity index (χ2v) is 36.7. The topological polar surface area (TPSA) is 60.4 Å². The Bertz CT molecular complexity index is 5730. The average Bonchev–Trinajstić information content (AvgIpc) is 0.712. The van der Waals surface area contributed by atoms with Gasteiger partial charge in [0.05, 0.1) is 9.79 Å². The first-order chi connectivity index (χ1) is 57.7. The number of hydrogen-bond acceptors (Lipinski definition) is 4. The van der Waals surface area contributed by atoms with Gasteiger partial charge < -0.3 is 4.74 Å². The van der Waals surface area contributed by atoms with Crippen molar-refractivity contribution >= 4 is 15.6 Å². The van der Waals surface area contributed by atoms with Crippen molar-refractivity contribution in [2.24, 2.45) is 0 Å². The molecule has 0 saturated carbocycles. The lowest BCUT2D eigenvalue weighted by Crippen LogP contribution is -2.54. The first-order valence-corrected chi connectivity index (χ1v) is 43.7. The SMILES string of the molecule is Cc1cc(C)c(C)cc1C.Cc1ccc(-c2ccc(C)c(C)c2)cc1C.Cc1ccc(C(=O)c2ccc(C)c(C)c2)cc1C.Cc1ccc(C(C)(C)c2ccc(C)c(C)c2)cc1C.Cc1ccc(C(c2ccc(C)c(C)c2)(C(F)(F)F)C(F)(F)F)cc1C.Cc1ccc(Oc2ccc(C)c(C)c2)cc1C.Cc1ccc(S(=O)(=O)c2ccc(C)c(C)c2)cc1C. The number of carbonyl (C=O) groups excluding carboxylic acids is 1. The van der Waals surface area contributed by atoms with Crippen molar-refractivity contribution in [3.63, 3.8) is 0 Å². The van der Waals surface area contributed by atoms with Crippen molar-refractivity contribution < 1.29 is 44.3 Å². The zero-order chi connectivity index (χ0) is 92.7. The van der Waals surface area contributed by atoms with Crippen molar-refractivity contribution in [2.75, 3.05) is 0 Å². The number of rotatable bonds is 11. The molecule has 13 aromatic rings. The molecule has 11 heteroatoms. The summed E-state index contributed by atoms with van der Waals surface area (Å²) in [6.07, 6.45) is -11.1. The average molecular weight is 1700 g/mol. The Morgan fingerprint density at radius 1 is 0.226 bits per heavy atom. The van der Waals surface area contributed by atoms with Crippen molar-refractivity contribution in [3.05, 3.63) is 420 Å². The third kappa shape index (κ3) is 25.1. The molecule has 652 valence electrons. The van der Waals surface area contributed by atoms with Crippen LogP contribution in [0.15, 0.2) is 240 Å². The van der Waals surface area contributed by atoms with E-state index in [0.29, 0.717) is 32.0 Å². The fourth-order valence-electron chi connectivity index (χ4n) is 13.8. The molecule has 0 unspecified atom stereocenters. The molecule has 0 aliphatic rings. The van der Waals surface area contributed by atoms with Crippen LogP contribution in [0.4, 0.5) is 26.3 Å². The van der Waals surface area contributed by atoms with Crippen molar-refractivity contribution in [2.45, 2.75) is 241 Å². The molecule has 0 radical (unpaired) electrons. The fourth-order valence-corrected chi connectivity index (χ4v) is 15.3. The monoisotopic (exact) mass is 1690 g/mol. The first-order valence-electron chi connectivity index (χ1n) is 42.2. The Morgan fingerprint density at radius 2 is 0.435 bits per heavy atom. The molecule has 0 fully saturated rings. The molecule has 0 aliphatic heterocycles. The molecule has 0 aliphatic carbocycles. The standard InChI is InChI=1S/C19H18F6.C19H24.C17H18O.C16H18O2S.C16H18O.C16H18.C10H14/c1-11-5-7-15(9-13(11)3)17(18(20,21)22,19(23,24)25)16-8-6-12(2)14(4)10-16;1-13-7-9-17(11-15(13)3)19(5,6)18-10-8-14(2)16(4)12-18;1-11-5-7-15(9-13(11)3)17(18)16-8-6-12(2)14(4)10-16;1-11-5-7-15(9-13(11)3)19(17,18)16-8-6-12(2)14(4)10-16;1-11-5-7-15(9-13(11)3)17-16-8-6-12(2)14(4)10-16;1-11-5-7-15(9-13(11)3)16-8-6-12(2)14(4)10-16;1-7-5-9(3)10(4)6-8(7)2/h5-10H,1-4H3;7-12H,1-6H3;5-10H,1-4H3;5-10H,1-4H3;5-10H,1-4H3;5-10H,1-4H3;5-6H,1-4H3. The van der Waals surface area contributed by atoms with Gasteiger partial charge in [-0.3, -0.25) is 4.79 Å². The van der Waals surface area contributed by atoms with E-state index in [9.17, 15) is 39.6 Å². The van der Waals surface area contributed by atoms with E-state index in [2.05, 4.69) is 248 Å². The third-order valence-corrected chi connectivity index (χ3v) is 26.7. The highest BCUT2D eigenvalue weighted by Crippen LogP contribution is 2.57. The second-order valence-electron chi connectivity index (χ2n) is 34.7. The quantitative estimate of drug-likeness (QED) is 0.0956. The molecule has 124 heavy (non-hydrogen) atoms. The molecule has 4 nitrogen and oxygen atoms in total. The Kier molecular flexibility index (Phi) is 33.9. The largest absolute Gasteiger partial charge is 0.457 e. The summed E-state index contributed by atoms with van der Waals surface area (Å²) in [6.45, 7) is 61.2. The molecular formula is C113H128F6O4S. The number of benzene rings is 13. The molecular weight excluding hydrogens is 1570 g/mol. The maximum Gasteiger partial charge on any atom is 0.411 e. The number of hydrogen-bond donors (Lipinski definition) is 0. The lowest BCUT2D eigenvalue weighted by Gasteiger charge is -2.38. The first kappa shape index (κ1) is 100.0. The van der Waals surface area contributed by atoms with Crippen LogP contribution in [-0.4, -0.2) is 26.6 Å². The number of ether oxygens (including phenoxy) is 1. The predicted octanol–water partition coefficient (Wildman–Crippen LogP) is 31.7. The van der Waals surface area contributed by atoms with Crippen LogP contribution in [0.25, 0.3) is 11.1 Å². The fraction of sp³-hybridized carbons (Fsp3) is 0.301. The lowest BCUT2D eigenvalue weighted by atomic mass is 9.71. The summed E-state index contributed by atoms with van der Waals surface area (Å²) in [4.78, 5) is 13.1. The summed E-state index contributed by atoms with van der Waals surface area (Å²) in [5.41, 5.74) is 33.7. The van der Waals surface area contributed by atoms with Crippen LogP contribution < -0.4 is 4.74 Å². The van der Waals surface area contributed by atoms with E-state index in [-0.39, 0.29) is 11.2 Å². The smallest absolute Gasteiger partial charge is 0.411 e. The van der Waals surface area contributed by atoms with Crippen LogP contribution in [0, 0.1) is 194 Å². The number of ketones is 1. The van der Waals surface area contributed by atoms with Crippen LogP contribution in [0.2, 0.25) is 0 Å². The van der Waals surface area contributed by atoms with Gasteiger partial charge in [0, 0.05) is 16.5 Å². The van der Waals surface area contributed by atoms with Gasteiger partial charge in [-0.1, -0.05) is 184 Å². The molecule has 0 spiro atoms. The van der Waals surface area contributed by atoms with Gasteiger partial charge in [0.25, 0.3) is 0 Å². The van der Waals surface area contributed by atoms with Gasteiger partial charge in [0.15, 0.2) is 5.78 Å². The van der Waals surface area contributed by atoms with Gasteiger partial charge in [-0.05, 0) is 444 Å². The molecule has 0 amide bonds. The number of sulfone groups is 1. The Balaban J connectivity index is 0.000000201. The van der Waals surface area contributed by atoms with E-state index < -0.39 is 38.7 Å². The summed E-state index contributed by atoms with van der Waals surface area (Å²) in [6, 6.07) is 72.4. The number of carbonyl (C=O) groups is 1. The molecule has 0 N–H and O–H groups in total. The van der Waals surface area contributed by atoms with Crippen molar-refractivity contribution in [1.82, 2.24) is 0 Å². The van der Waals surface area contributed by atoms with Gasteiger partial charge in [0.1, 0.15) is 11.5 Å². The molecule has 0 heterocycles. The minimum atomic E-state index is -5.55. The molecule has 0 aromatic heterocycles. The second kappa shape index (κ2) is 42.0. The van der Waals surface area contributed by atoms with E-state index in [0.717, 1.165) is 80.3 Å². The van der Waals surface area contributed by atoms with E-state index in [4.69, 9.17) is 4.74 Å². The Morgan fingerprint density at radius 3 is 0.685 bits per heavy atom. The van der Waals surface area contributed by atoms with Gasteiger partial charge in [-0.2, -0.15) is 26.3 Å². The number of alkyl halides is 6. The van der Waals surface area contributed by atoms with Gasteiger partial charge in [-0.15, -0.1) is 0 Å². The van der Waals surface area contributed by atoms with Crippen LogP contribution in [0.5, 0.6) is 11.5 Å². The lowest BCUT2D eigenvalue weighted by molar-refractivity contribution is -0.288. The van der Waals surface area contributed by atoms with Crippen LogP contribution in [0.3, 0.4) is 0 Å². The van der Waals surface area contributed by atoms with Crippen LogP contribution in [-0.2, 0) is 20.7 Å². The summed E-state index contributed by atoms with van der Waals surface area (Å²) < 4.78 is 115. The molecule has 0 saturated heterocycles. The van der Waals surface area contributed by atoms with E-state index >= 15 is 0 Å². The van der Waals surface area contributed by atoms with Crippen molar-refractivity contribution in [3.8, 4) is 22.6 Å². The molecule has 0 atom stereocenters. The van der Waals surface area contributed by atoms with Crippen molar-refractivity contribution in [1.29, 1.82) is 0 Å². The highest BCUT2D eigenvalue weighted by molar-refractivity contribution is 7.91. The van der Waals surface area contributed by atoms with Crippen LogP contribution >= 0.6 is 0 Å². The minimum absolute atomic E-state index is 0.0525. The zero-order valence-corrected chi connectivity index (χ0v) is 79.6. The van der Waals surface area contributed by atoms with Gasteiger partial charge in [0.2, 0.25) is 15.3 Å². The highest BCUT2D eigenvalue weighted by atomic mass is 32.2. The molecule has 0 bridgehead atoms. The summed E-state index contributed by atoms with van der Waals surface area (Å²) in [5.74, 6) is 1.90. The number of aryl methyl sites for hydroxylation is 28. The zero-order valence-electron chi connectivity index (χ0n) is 78.7. The summed E-state index contributed by atoms with van der Waals surface area (Å²) >= 11 is 0. The molecule has 13 aromatic carbocycles. The van der Waals surface area contributed by atoms with Gasteiger partial charge >= 0.3 is 12.4 Å². The maximum atomic E-state index is 14.0. The highest BCUT2D eigenvalue weighted by Gasteiger charge is 2.72. The van der Waals surface area contributed by atoms with Gasteiger partial charge in [-0.25, -0.2) is 8.42 Å². The normalized spacial score (nSPS) is 11.3. The minimum Gasteiger partial charge on any atom is -0.457 e. The maximum absolute atomic E-state index is 14.0. The summed E-state index contributed by atoms with van der Waals surface area (Å²) in [5, 5.41) is 0. The van der Waals surface area contributed by atoms with E-state index in [1.165, 1.54) is 148 Å².